The van der Waals surface area contributed by atoms with E-state index in [1.54, 1.807) is 24.3 Å². The van der Waals surface area contributed by atoms with E-state index in [0.717, 1.165) is 17.5 Å². The second-order valence-electron chi connectivity index (χ2n) is 8.75. The summed E-state index contributed by atoms with van der Waals surface area (Å²) < 4.78 is 0. The lowest BCUT2D eigenvalue weighted by Gasteiger charge is -2.20. The van der Waals surface area contributed by atoms with Crippen LogP contribution in [0, 0.1) is 37.5 Å². The predicted octanol–water partition coefficient (Wildman–Crippen LogP) is 4.26. The molecule has 2 aromatic carbocycles. The maximum atomic E-state index is 13.3. The van der Waals surface area contributed by atoms with E-state index in [0.29, 0.717) is 16.9 Å². The third kappa shape index (κ3) is 2.65. The third-order valence-corrected chi connectivity index (χ3v) is 7.04. The van der Waals surface area contributed by atoms with Crippen LogP contribution < -0.4 is 10.2 Å². The van der Waals surface area contributed by atoms with E-state index >= 15 is 0 Å². The molecule has 5 nitrogen and oxygen atoms in total. The molecular formula is C25H24N2O3. The summed E-state index contributed by atoms with van der Waals surface area (Å²) in [4.78, 5) is 40.9. The lowest BCUT2D eigenvalue weighted by molar-refractivity contribution is -0.123. The lowest BCUT2D eigenvalue weighted by Crippen LogP contribution is -2.34. The van der Waals surface area contributed by atoms with Crippen molar-refractivity contribution in [3.05, 3.63) is 70.8 Å². The molecule has 1 N–H and O–H groups in total. The van der Waals surface area contributed by atoms with Gasteiger partial charge >= 0.3 is 0 Å². The van der Waals surface area contributed by atoms with Crippen LogP contribution in [-0.4, -0.2) is 17.7 Å². The van der Waals surface area contributed by atoms with Gasteiger partial charge in [-0.05, 0) is 74.4 Å². The number of nitrogens with zero attached hydrogens (tertiary/aromatic N) is 1. The predicted molar refractivity (Wildman–Crippen MR) is 115 cm³/mol. The van der Waals surface area contributed by atoms with Crippen LogP contribution in [0.15, 0.2) is 54.1 Å². The zero-order valence-electron chi connectivity index (χ0n) is 17.3. The molecule has 1 saturated heterocycles. The van der Waals surface area contributed by atoms with Gasteiger partial charge in [0.2, 0.25) is 11.8 Å². The number of anilines is 2. The second-order valence-corrected chi connectivity index (χ2v) is 8.75. The van der Waals surface area contributed by atoms with Crippen molar-refractivity contribution in [2.75, 3.05) is 10.2 Å². The standard InChI is InChI=1S/C25H24N2O3/c1-13-8-9-17(11-14(13)2)26-23(28)18-6-4-5-7-20(18)27-24(29)21-16-10-15(3)19(12-16)22(21)25(27)30/h4-11,16,19,21-22H,12H2,1-3H3,(H,26,28)/t16-,19+,21-,22+/m1/s1. The highest BCUT2D eigenvalue weighted by atomic mass is 16.2. The monoisotopic (exact) mass is 400 g/mol. The van der Waals surface area contributed by atoms with Crippen LogP contribution in [0.5, 0.6) is 0 Å². The first-order valence-electron chi connectivity index (χ1n) is 10.4. The smallest absolute Gasteiger partial charge is 0.257 e. The summed E-state index contributed by atoms with van der Waals surface area (Å²) in [5, 5.41) is 2.91. The molecule has 0 aromatic heterocycles. The highest BCUT2D eigenvalue weighted by Crippen LogP contribution is 2.56. The maximum absolute atomic E-state index is 13.3. The van der Waals surface area contributed by atoms with E-state index < -0.39 is 0 Å². The van der Waals surface area contributed by atoms with Gasteiger partial charge in [0.05, 0.1) is 23.1 Å². The highest BCUT2D eigenvalue weighted by molar-refractivity contribution is 6.25. The topological polar surface area (TPSA) is 66.5 Å². The van der Waals surface area contributed by atoms with Crippen LogP contribution >= 0.6 is 0 Å². The minimum Gasteiger partial charge on any atom is -0.322 e. The van der Waals surface area contributed by atoms with Crippen molar-refractivity contribution in [2.24, 2.45) is 23.7 Å². The van der Waals surface area contributed by atoms with Gasteiger partial charge in [-0.1, -0.05) is 29.8 Å². The molecule has 30 heavy (non-hydrogen) atoms. The number of allylic oxidation sites excluding steroid dienone is 2. The Morgan fingerprint density at radius 3 is 2.47 bits per heavy atom. The van der Waals surface area contributed by atoms with Gasteiger partial charge in [0.1, 0.15) is 0 Å². The molecule has 1 aliphatic heterocycles. The van der Waals surface area contributed by atoms with Gasteiger partial charge in [-0.3, -0.25) is 14.4 Å². The Morgan fingerprint density at radius 1 is 0.967 bits per heavy atom. The van der Waals surface area contributed by atoms with Crippen LogP contribution in [0.2, 0.25) is 0 Å². The number of carbonyl (C=O) groups excluding carboxylic acids is 3. The molecule has 0 radical (unpaired) electrons. The van der Waals surface area contributed by atoms with Crippen molar-refractivity contribution < 1.29 is 14.4 Å². The summed E-state index contributed by atoms with van der Waals surface area (Å²) in [7, 11) is 0. The van der Waals surface area contributed by atoms with E-state index in [9.17, 15) is 14.4 Å². The van der Waals surface area contributed by atoms with E-state index in [2.05, 4.69) is 11.4 Å². The minimum atomic E-state index is -0.330. The minimum absolute atomic E-state index is 0.137. The van der Waals surface area contributed by atoms with Crippen molar-refractivity contribution in [1.29, 1.82) is 0 Å². The normalized spacial score (nSPS) is 26.8. The molecule has 1 heterocycles. The fourth-order valence-corrected chi connectivity index (χ4v) is 5.39. The molecule has 0 unspecified atom stereocenters. The van der Waals surface area contributed by atoms with Gasteiger partial charge < -0.3 is 5.32 Å². The average molecular weight is 400 g/mol. The first-order valence-corrected chi connectivity index (χ1v) is 10.4. The van der Waals surface area contributed by atoms with E-state index in [1.807, 2.05) is 39.0 Å². The summed E-state index contributed by atoms with van der Waals surface area (Å²) in [6.07, 6.45) is 3.04. The fourth-order valence-electron chi connectivity index (χ4n) is 5.39. The van der Waals surface area contributed by atoms with Crippen molar-refractivity contribution in [3.8, 4) is 0 Å². The molecule has 2 aliphatic carbocycles. The quantitative estimate of drug-likeness (QED) is 0.618. The molecule has 3 amide bonds. The largest absolute Gasteiger partial charge is 0.322 e. The lowest BCUT2D eigenvalue weighted by atomic mass is 9.82. The number of imide groups is 1. The van der Waals surface area contributed by atoms with E-state index in [-0.39, 0.29) is 41.4 Å². The number of nitrogens with one attached hydrogen (secondary N) is 1. The molecule has 1 saturated carbocycles. The van der Waals surface area contributed by atoms with E-state index in [1.165, 1.54) is 10.5 Å². The number of benzene rings is 2. The second kappa shape index (κ2) is 6.66. The molecule has 5 heteroatoms. The third-order valence-electron chi connectivity index (χ3n) is 7.04. The molecule has 5 rings (SSSR count). The first-order chi connectivity index (χ1) is 14.4. The molecule has 3 aliphatic rings. The van der Waals surface area contributed by atoms with Crippen molar-refractivity contribution >= 4 is 29.1 Å². The summed E-state index contributed by atoms with van der Waals surface area (Å²) in [5.41, 5.74) is 4.83. The SMILES string of the molecule is CC1=C[C@@H]2C[C@@H]1[C@@H]1C(=O)N(c3ccccc3C(=O)Nc3ccc(C)c(C)c3)C(=O)[C@@H]12. The number of amides is 3. The zero-order chi connectivity index (χ0) is 21.2. The Labute approximate surface area is 175 Å². The molecule has 4 atom stereocenters. The summed E-state index contributed by atoms with van der Waals surface area (Å²) in [5.74, 6) is -0.964. The van der Waals surface area contributed by atoms with Crippen LogP contribution in [-0.2, 0) is 9.59 Å². The molecule has 2 bridgehead atoms. The van der Waals surface area contributed by atoms with Gasteiger partial charge in [-0.15, -0.1) is 0 Å². The Hall–Kier alpha value is -3.21. The average Bonchev–Trinajstić information content (AvgIpc) is 3.35. The number of hydrogen-bond acceptors (Lipinski definition) is 3. The van der Waals surface area contributed by atoms with Crippen LogP contribution in [0.25, 0.3) is 0 Å². The van der Waals surface area contributed by atoms with Gasteiger partial charge in [0.15, 0.2) is 0 Å². The Morgan fingerprint density at radius 2 is 1.70 bits per heavy atom. The first kappa shape index (κ1) is 18.8. The Kier molecular flexibility index (Phi) is 4.17. The summed E-state index contributed by atoms with van der Waals surface area (Å²) in [6, 6.07) is 12.6. The maximum Gasteiger partial charge on any atom is 0.257 e. The fraction of sp³-hybridized carbons (Fsp3) is 0.320. The highest BCUT2D eigenvalue weighted by Gasteiger charge is 2.61. The number of para-hydroxylation sites is 1. The Balaban J connectivity index is 1.47. The molecule has 2 aromatic rings. The van der Waals surface area contributed by atoms with Gasteiger partial charge in [0.25, 0.3) is 5.91 Å². The van der Waals surface area contributed by atoms with Crippen LogP contribution in [0.1, 0.15) is 34.8 Å². The molecular weight excluding hydrogens is 376 g/mol. The van der Waals surface area contributed by atoms with Crippen LogP contribution in [0.3, 0.4) is 0 Å². The Bertz CT molecular complexity index is 1130. The molecule has 152 valence electrons. The number of aryl methyl sites for hydroxylation is 2. The van der Waals surface area contributed by atoms with Crippen LogP contribution in [0.4, 0.5) is 11.4 Å². The number of rotatable bonds is 3. The van der Waals surface area contributed by atoms with E-state index in [4.69, 9.17) is 0 Å². The van der Waals surface area contributed by atoms with Crippen molar-refractivity contribution in [3.63, 3.8) is 0 Å². The van der Waals surface area contributed by atoms with Gasteiger partial charge in [0, 0.05) is 5.69 Å². The number of fused-ring (bicyclic) bond motifs is 5. The molecule has 0 spiro atoms. The number of hydrogen-bond donors (Lipinski definition) is 1. The molecule has 2 fully saturated rings. The number of carbonyl (C=O) groups is 3. The van der Waals surface area contributed by atoms with Gasteiger partial charge in [-0.2, -0.15) is 0 Å². The zero-order valence-corrected chi connectivity index (χ0v) is 17.3. The van der Waals surface area contributed by atoms with Crippen molar-refractivity contribution in [2.45, 2.75) is 27.2 Å². The van der Waals surface area contributed by atoms with Gasteiger partial charge in [-0.25, -0.2) is 4.90 Å². The summed E-state index contributed by atoms with van der Waals surface area (Å²) >= 11 is 0. The van der Waals surface area contributed by atoms with Crippen molar-refractivity contribution in [1.82, 2.24) is 0 Å². The summed E-state index contributed by atoms with van der Waals surface area (Å²) in [6.45, 7) is 6.05.